The van der Waals surface area contributed by atoms with Gasteiger partial charge in [-0.15, -0.1) is 0 Å². The minimum absolute atomic E-state index is 0.0677. The van der Waals surface area contributed by atoms with E-state index >= 15 is 0 Å². The van der Waals surface area contributed by atoms with Gasteiger partial charge in [0, 0.05) is 5.56 Å². The number of ether oxygens (including phenoxy) is 2. The molecule has 8 nitrogen and oxygen atoms in total. The zero-order valence-corrected chi connectivity index (χ0v) is 21.5. The van der Waals surface area contributed by atoms with Crippen LogP contribution in [0.2, 0.25) is 0 Å². The number of benzene rings is 2. The number of Topliss-reactive ketones (excluding diaryl/α,β-unsaturated/α-hetero) is 1. The number of thiazole rings is 1. The van der Waals surface area contributed by atoms with E-state index in [-0.39, 0.29) is 11.3 Å². The molecule has 1 N–H and O–H groups in total. The van der Waals surface area contributed by atoms with Crippen molar-refractivity contribution in [2.24, 2.45) is 0 Å². The second-order valence-electron chi connectivity index (χ2n) is 8.68. The Bertz CT molecular complexity index is 1520. The molecule has 1 aliphatic rings. The first-order chi connectivity index (χ1) is 17.9. The quantitative estimate of drug-likeness (QED) is 0.132. The second-order valence-corrected chi connectivity index (χ2v) is 9.69. The molecule has 9 heteroatoms. The fourth-order valence-electron chi connectivity index (χ4n) is 4.25. The molecule has 1 fully saturated rings. The molecule has 0 spiro atoms. The lowest BCUT2D eigenvalue weighted by Crippen LogP contribution is -2.29. The van der Waals surface area contributed by atoms with Crippen LogP contribution in [0.3, 0.4) is 0 Å². The summed E-state index contributed by atoms with van der Waals surface area (Å²) >= 11 is 1.25. The lowest BCUT2D eigenvalue weighted by atomic mass is 9.99. The Labute approximate surface area is 217 Å². The van der Waals surface area contributed by atoms with E-state index in [1.54, 1.807) is 62.6 Å². The fraction of sp³-hybridized carbons (Fsp3) is 0.250. The van der Waals surface area contributed by atoms with Crippen LogP contribution in [0.4, 0.5) is 5.13 Å². The Morgan fingerprint density at radius 3 is 2.70 bits per heavy atom. The van der Waals surface area contributed by atoms with E-state index in [0.29, 0.717) is 45.8 Å². The molecule has 1 atom stereocenters. The van der Waals surface area contributed by atoms with Crippen LogP contribution in [0.15, 0.2) is 64.6 Å². The molecule has 5 rings (SSSR count). The zero-order valence-electron chi connectivity index (χ0n) is 20.7. The van der Waals surface area contributed by atoms with Crippen LogP contribution in [-0.4, -0.2) is 35.5 Å². The highest BCUT2D eigenvalue weighted by atomic mass is 32.1. The molecule has 190 valence electrons. The van der Waals surface area contributed by atoms with Gasteiger partial charge in [0.05, 0.1) is 29.5 Å². The van der Waals surface area contributed by atoms with Crippen molar-refractivity contribution in [3.63, 3.8) is 0 Å². The SMILES string of the molecule is CCCCOc1cccc(C(O)=C2C(=O)C(=O)N(c3nc4ccc(OC)cc4s3)C2c2ccc(C)o2)c1. The molecular formula is C28H26N2O6S. The van der Waals surface area contributed by atoms with Gasteiger partial charge in [-0.1, -0.05) is 36.8 Å². The van der Waals surface area contributed by atoms with Crippen LogP contribution in [-0.2, 0) is 9.59 Å². The average Bonchev–Trinajstić information content (AvgIpc) is 3.59. The van der Waals surface area contributed by atoms with Crippen molar-refractivity contribution >= 4 is 44.1 Å². The number of amides is 1. The van der Waals surface area contributed by atoms with E-state index in [2.05, 4.69) is 11.9 Å². The summed E-state index contributed by atoms with van der Waals surface area (Å²) in [5.41, 5.74) is 0.963. The van der Waals surface area contributed by atoms with Crippen LogP contribution in [0.25, 0.3) is 16.0 Å². The number of aromatic nitrogens is 1. The molecule has 1 aliphatic heterocycles. The molecule has 3 heterocycles. The van der Waals surface area contributed by atoms with Crippen LogP contribution >= 0.6 is 11.3 Å². The molecule has 0 aliphatic carbocycles. The number of nitrogens with zero attached hydrogens (tertiary/aromatic N) is 2. The summed E-state index contributed by atoms with van der Waals surface area (Å²) in [5.74, 6) is 0.281. The first-order valence-electron chi connectivity index (χ1n) is 12.0. The molecule has 2 aromatic carbocycles. The van der Waals surface area contributed by atoms with Gasteiger partial charge in [0.25, 0.3) is 5.78 Å². The van der Waals surface area contributed by atoms with Crippen LogP contribution in [0.1, 0.15) is 42.9 Å². The average molecular weight is 519 g/mol. The highest BCUT2D eigenvalue weighted by molar-refractivity contribution is 7.22. The molecule has 4 aromatic rings. The monoisotopic (exact) mass is 518 g/mol. The summed E-state index contributed by atoms with van der Waals surface area (Å²) < 4.78 is 17.7. The molecule has 1 unspecified atom stereocenters. The third-order valence-corrected chi connectivity index (χ3v) is 7.16. The van der Waals surface area contributed by atoms with Gasteiger partial charge >= 0.3 is 5.91 Å². The van der Waals surface area contributed by atoms with Crippen molar-refractivity contribution in [3.8, 4) is 11.5 Å². The van der Waals surface area contributed by atoms with Crippen molar-refractivity contribution < 1.29 is 28.6 Å². The Hall–Kier alpha value is -4.11. The van der Waals surface area contributed by atoms with Gasteiger partial charge in [-0.3, -0.25) is 14.5 Å². The topological polar surface area (TPSA) is 102 Å². The second kappa shape index (κ2) is 10.1. The number of unbranched alkanes of at least 4 members (excludes halogenated alkanes) is 1. The molecule has 1 saturated heterocycles. The van der Waals surface area contributed by atoms with Crippen LogP contribution < -0.4 is 14.4 Å². The number of hydrogen-bond acceptors (Lipinski definition) is 8. The van der Waals surface area contributed by atoms with Crippen molar-refractivity contribution in [2.75, 3.05) is 18.6 Å². The number of hydrogen-bond donors (Lipinski definition) is 1. The van der Waals surface area contributed by atoms with Gasteiger partial charge in [0.2, 0.25) is 0 Å². The van der Waals surface area contributed by atoms with Gasteiger partial charge in [0.1, 0.15) is 34.8 Å². The minimum atomic E-state index is -0.985. The molecule has 37 heavy (non-hydrogen) atoms. The van der Waals surface area contributed by atoms with Crippen LogP contribution in [0.5, 0.6) is 11.5 Å². The number of ketones is 1. The van der Waals surface area contributed by atoms with Gasteiger partial charge in [0.15, 0.2) is 5.13 Å². The molecular weight excluding hydrogens is 492 g/mol. The summed E-state index contributed by atoms with van der Waals surface area (Å²) in [6.45, 7) is 4.39. The number of furan rings is 1. The number of carbonyl (C=O) groups is 2. The number of aryl methyl sites for hydroxylation is 1. The number of aliphatic hydroxyl groups is 1. The molecule has 0 radical (unpaired) electrons. The zero-order chi connectivity index (χ0) is 26.1. The molecule has 2 aromatic heterocycles. The predicted molar refractivity (Wildman–Crippen MR) is 141 cm³/mol. The third kappa shape index (κ3) is 4.58. The first kappa shape index (κ1) is 24.6. The lowest BCUT2D eigenvalue weighted by molar-refractivity contribution is -0.132. The van der Waals surface area contributed by atoms with Gasteiger partial charge in [-0.05, 0) is 55.8 Å². The number of anilines is 1. The summed E-state index contributed by atoms with van der Waals surface area (Å²) in [6, 6.07) is 14.7. The standard InChI is InChI=1S/C28H26N2O6S/c1-4-5-13-35-19-8-6-7-17(14-19)25(31)23-24(21-12-9-16(2)36-21)30(27(33)26(23)32)28-29-20-11-10-18(34-3)15-22(20)37-28/h6-12,14-15,24,31H,4-5,13H2,1-3H3. The van der Waals surface area contributed by atoms with Gasteiger partial charge in [-0.25, -0.2) is 4.98 Å². The summed E-state index contributed by atoms with van der Waals surface area (Å²) in [4.78, 5) is 32.7. The van der Waals surface area contributed by atoms with E-state index in [4.69, 9.17) is 13.9 Å². The van der Waals surface area contributed by atoms with Crippen molar-refractivity contribution in [2.45, 2.75) is 32.7 Å². The molecule has 0 saturated carbocycles. The lowest BCUT2D eigenvalue weighted by Gasteiger charge is -2.20. The summed E-state index contributed by atoms with van der Waals surface area (Å²) in [5, 5.41) is 11.7. The maximum Gasteiger partial charge on any atom is 0.302 e. The number of methoxy groups -OCH3 is 1. The van der Waals surface area contributed by atoms with Crippen molar-refractivity contribution in [1.82, 2.24) is 4.98 Å². The van der Waals surface area contributed by atoms with Gasteiger partial charge < -0.3 is 19.0 Å². The fourth-order valence-corrected chi connectivity index (χ4v) is 5.27. The number of rotatable bonds is 8. The molecule has 0 bridgehead atoms. The Morgan fingerprint density at radius 1 is 1.14 bits per heavy atom. The maximum atomic E-state index is 13.4. The third-order valence-electron chi connectivity index (χ3n) is 6.14. The summed E-state index contributed by atoms with van der Waals surface area (Å²) in [6.07, 6.45) is 1.89. The van der Waals surface area contributed by atoms with Gasteiger partial charge in [-0.2, -0.15) is 0 Å². The summed E-state index contributed by atoms with van der Waals surface area (Å²) in [7, 11) is 1.57. The number of carbonyl (C=O) groups excluding carboxylic acids is 2. The van der Waals surface area contributed by atoms with E-state index in [9.17, 15) is 14.7 Å². The Balaban J connectivity index is 1.62. The Kier molecular flexibility index (Phi) is 6.71. The number of aliphatic hydroxyl groups excluding tert-OH is 1. The minimum Gasteiger partial charge on any atom is -0.507 e. The van der Waals surface area contributed by atoms with Crippen molar-refractivity contribution in [1.29, 1.82) is 0 Å². The normalized spacial score (nSPS) is 17.1. The Morgan fingerprint density at radius 2 is 1.97 bits per heavy atom. The van der Waals surface area contributed by atoms with Crippen molar-refractivity contribution in [3.05, 3.63) is 77.3 Å². The maximum absolute atomic E-state index is 13.4. The predicted octanol–water partition coefficient (Wildman–Crippen LogP) is 6.01. The smallest absolute Gasteiger partial charge is 0.302 e. The highest BCUT2D eigenvalue weighted by Gasteiger charge is 2.49. The highest BCUT2D eigenvalue weighted by Crippen LogP contribution is 2.45. The van der Waals surface area contributed by atoms with Crippen LogP contribution in [0, 0.1) is 6.92 Å². The van der Waals surface area contributed by atoms with E-state index in [1.807, 2.05) is 6.07 Å². The molecule has 1 amide bonds. The first-order valence-corrected chi connectivity index (χ1v) is 12.8. The van der Waals surface area contributed by atoms with E-state index in [0.717, 1.165) is 17.5 Å². The number of fused-ring (bicyclic) bond motifs is 1. The van der Waals surface area contributed by atoms with E-state index < -0.39 is 17.7 Å². The largest absolute Gasteiger partial charge is 0.507 e. The van der Waals surface area contributed by atoms with E-state index in [1.165, 1.54) is 16.2 Å².